The number of nitrogens with one attached hydrogen (secondary N) is 1. The fraction of sp³-hybridized carbons (Fsp3) is 0.259. The van der Waals surface area contributed by atoms with Gasteiger partial charge in [-0.3, -0.25) is 9.59 Å². The van der Waals surface area contributed by atoms with Crippen LogP contribution in [0.25, 0.3) is 20.9 Å². The minimum Gasteiger partial charge on any atom is -0.356 e. The zero-order valence-corrected chi connectivity index (χ0v) is 18.7. The van der Waals surface area contributed by atoms with E-state index >= 15 is 0 Å². The number of carbonyl (C=O) groups excluding carboxylic acids is 2. The number of hydrogen-bond acceptors (Lipinski definition) is 3. The minimum atomic E-state index is -0.0224. The van der Waals surface area contributed by atoms with Crippen molar-refractivity contribution in [1.82, 2.24) is 10.2 Å². The average Bonchev–Trinajstić information content (AvgIpc) is 3.26. The van der Waals surface area contributed by atoms with Gasteiger partial charge in [-0.05, 0) is 58.5 Å². The number of amides is 2. The molecule has 1 aliphatic heterocycles. The van der Waals surface area contributed by atoms with Gasteiger partial charge in [-0.2, -0.15) is 0 Å². The summed E-state index contributed by atoms with van der Waals surface area (Å²) in [4.78, 5) is 27.7. The lowest BCUT2D eigenvalue weighted by atomic mass is 9.94. The summed E-state index contributed by atoms with van der Waals surface area (Å²) in [6.07, 6.45) is 2.27. The van der Waals surface area contributed by atoms with Crippen molar-refractivity contribution in [2.45, 2.75) is 19.3 Å². The number of benzene rings is 3. The molecule has 0 unspecified atom stereocenters. The summed E-state index contributed by atoms with van der Waals surface area (Å²) in [7, 11) is 0. The van der Waals surface area contributed by atoms with Crippen LogP contribution in [0.1, 0.15) is 28.8 Å². The number of fused-ring (bicyclic) bond motifs is 2. The van der Waals surface area contributed by atoms with E-state index in [9.17, 15) is 9.59 Å². The zero-order chi connectivity index (χ0) is 21.9. The highest BCUT2D eigenvalue weighted by Crippen LogP contribution is 2.26. The molecule has 2 amide bonds. The van der Waals surface area contributed by atoms with E-state index < -0.39 is 0 Å². The van der Waals surface area contributed by atoms with Crippen LogP contribution in [-0.2, 0) is 11.2 Å². The third-order valence-electron chi connectivity index (χ3n) is 6.43. The first-order valence-corrected chi connectivity index (χ1v) is 12.1. The lowest BCUT2D eigenvalue weighted by Crippen LogP contribution is -2.43. The summed E-state index contributed by atoms with van der Waals surface area (Å²) in [5.41, 5.74) is 2.04. The third kappa shape index (κ3) is 4.13. The predicted octanol–water partition coefficient (Wildman–Crippen LogP) is 5.27. The second kappa shape index (κ2) is 9.13. The maximum atomic E-state index is 13.1. The summed E-state index contributed by atoms with van der Waals surface area (Å²) >= 11 is 1.75. The highest BCUT2D eigenvalue weighted by atomic mass is 32.1. The molecule has 1 fully saturated rings. The Kier molecular flexibility index (Phi) is 5.91. The first-order chi connectivity index (χ1) is 15.7. The number of hydrogen-bond donors (Lipinski definition) is 1. The second-order valence-corrected chi connectivity index (χ2v) is 9.30. The standard InChI is InChI=1S/C27H26N2O2S/c30-26(28-15-12-21-18-32-25-11-4-3-9-23(21)25)20-13-16-29(17-14-20)27(31)24-10-5-7-19-6-1-2-8-22(19)24/h1-11,18,20H,12-17H2,(H,28,30). The van der Waals surface area contributed by atoms with Crippen LogP contribution < -0.4 is 5.32 Å². The first-order valence-electron chi connectivity index (χ1n) is 11.2. The van der Waals surface area contributed by atoms with Crippen molar-refractivity contribution in [3.8, 4) is 0 Å². The van der Waals surface area contributed by atoms with Gasteiger partial charge in [-0.1, -0.05) is 54.6 Å². The van der Waals surface area contributed by atoms with E-state index in [1.165, 1.54) is 15.6 Å². The molecule has 5 heteroatoms. The zero-order valence-electron chi connectivity index (χ0n) is 17.9. The highest BCUT2D eigenvalue weighted by Gasteiger charge is 2.28. The van der Waals surface area contributed by atoms with Gasteiger partial charge in [-0.25, -0.2) is 0 Å². The van der Waals surface area contributed by atoms with E-state index in [-0.39, 0.29) is 17.7 Å². The Morgan fingerprint density at radius 2 is 1.62 bits per heavy atom. The smallest absolute Gasteiger partial charge is 0.254 e. The summed E-state index contributed by atoms with van der Waals surface area (Å²) in [6, 6.07) is 22.2. The molecule has 162 valence electrons. The number of nitrogens with zero attached hydrogens (tertiary/aromatic N) is 1. The van der Waals surface area contributed by atoms with Crippen molar-refractivity contribution in [1.29, 1.82) is 0 Å². The topological polar surface area (TPSA) is 49.4 Å². The predicted molar refractivity (Wildman–Crippen MR) is 131 cm³/mol. The second-order valence-electron chi connectivity index (χ2n) is 8.39. The van der Waals surface area contributed by atoms with Gasteiger partial charge in [0.05, 0.1) is 0 Å². The average molecular weight is 443 g/mol. The van der Waals surface area contributed by atoms with E-state index in [1.807, 2.05) is 47.4 Å². The van der Waals surface area contributed by atoms with Crippen LogP contribution in [-0.4, -0.2) is 36.3 Å². The Morgan fingerprint density at radius 1 is 0.906 bits per heavy atom. The molecule has 0 radical (unpaired) electrons. The monoisotopic (exact) mass is 442 g/mol. The molecule has 1 aliphatic rings. The van der Waals surface area contributed by atoms with E-state index in [0.29, 0.717) is 32.5 Å². The van der Waals surface area contributed by atoms with Crippen molar-refractivity contribution >= 4 is 44.0 Å². The van der Waals surface area contributed by atoms with Crippen LogP contribution in [0.5, 0.6) is 0 Å². The van der Waals surface area contributed by atoms with Crippen LogP contribution in [0.4, 0.5) is 0 Å². The van der Waals surface area contributed by atoms with Gasteiger partial charge in [0.1, 0.15) is 0 Å². The van der Waals surface area contributed by atoms with Crippen molar-refractivity contribution < 1.29 is 9.59 Å². The molecule has 5 rings (SSSR count). The Hall–Kier alpha value is -3.18. The lowest BCUT2D eigenvalue weighted by Gasteiger charge is -2.31. The van der Waals surface area contributed by atoms with Crippen molar-refractivity contribution in [3.05, 3.63) is 83.2 Å². The van der Waals surface area contributed by atoms with E-state index in [4.69, 9.17) is 0 Å². The molecule has 0 spiro atoms. The number of thiophene rings is 1. The number of rotatable bonds is 5. The first kappa shape index (κ1) is 20.7. The molecule has 4 nitrogen and oxygen atoms in total. The Balaban J connectivity index is 1.15. The number of likely N-dealkylation sites (tertiary alicyclic amines) is 1. The summed E-state index contributed by atoms with van der Waals surface area (Å²) in [6.45, 7) is 1.89. The minimum absolute atomic E-state index is 0.0224. The molecule has 1 N–H and O–H groups in total. The van der Waals surface area contributed by atoms with E-state index in [1.54, 1.807) is 11.3 Å². The maximum absolute atomic E-state index is 13.1. The van der Waals surface area contributed by atoms with Gasteiger partial charge in [0.25, 0.3) is 5.91 Å². The molecule has 32 heavy (non-hydrogen) atoms. The third-order valence-corrected chi connectivity index (χ3v) is 7.44. The molecule has 1 saturated heterocycles. The Bertz CT molecular complexity index is 1270. The van der Waals surface area contributed by atoms with Crippen LogP contribution in [0.2, 0.25) is 0 Å². The van der Waals surface area contributed by atoms with E-state index in [0.717, 1.165) is 22.8 Å². The molecule has 4 aromatic rings. The molecular formula is C27H26N2O2S. The molecule has 0 atom stereocenters. The molecular weight excluding hydrogens is 416 g/mol. The maximum Gasteiger partial charge on any atom is 0.254 e. The SMILES string of the molecule is O=C(NCCc1csc2ccccc12)C1CCN(C(=O)c2cccc3ccccc23)CC1. The van der Waals surface area contributed by atoms with Crippen LogP contribution in [0.3, 0.4) is 0 Å². The largest absolute Gasteiger partial charge is 0.356 e. The summed E-state index contributed by atoms with van der Waals surface area (Å²) < 4.78 is 1.29. The molecule has 3 aromatic carbocycles. The van der Waals surface area contributed by atoms with Gasteiger partial charge < -0.3 is 10.2 Å². The molecule has 1 aromatic heterocycles. The lowest BCUT2D eigenvalue weighted by molar-refractivity contribution is -0.126. The highest BCUT2D eigenvalue weighted by molar-refractivity contribution is 7.17. The van der Waals surface area contributed by atoms with Gasteiger partial charge in [0.2, 0.25) is 5.91 Å². The number of piperidine rings is 1. The fourth-order valence-corrected chi connectivity index (χ4v) is 5.62. The number of carbonyl (C=O) groups is 2. The van der Waals surface area contributed by atoms with Crippen molar-refractivity contribution in [2.75, 3.05) is 19.6 Å². The van der Waals surface area contributed by atoms with Crippen LogP contribution in [0, 0.1) is 5.92 Å². The van der Waals surface area contributed by atoms with Crippen LogP contribution >= 0.6 is 11.3 Å². The van der Waals surface area contributed by atoms with Crippen LogP contribution in [0.15, 0.2) is 72.1 Å². The Labute approximate surface area is 191 Å². The quantitative estimate of drug-likeness (QED) is 0.458. The van der Waals surface area contributed by atoms with Crippen molar-refractivity contribution in [2.24, 2.45) is 5.92 Å². The van der Waals surface area contributed by atoms with Gasteiger partial charge >= 0.3 is 0 Å². The normalized spacial score (nSPS) is 14.7. The molecule has 0 aliphatic carbocycles. The summed E-state index contributed by atoms with van der Waals surface area (Å²) in [5.74, 6) is 0.151. The van der Waals surface area contributed by atoms with Gasteiger partial charge in [0, 0.05) is 35.8 Å². The Morgan fingerprint density at radius 3 is 2.47 bits per heavy atom. The molecule has 2 heterocycles. The van der Waals surface area contributed by atoms with Crippen molar-refractivity contribution in [3.63, 3.8) is 0 Å². The van der Waals surface area contributed by atoms with Gasteiger partial charge in [0.15, 0.2) is 0 Å². The van der Waals surface area contributed by atoms with Gasteiger partial charge in [-0.15, -0.1) is 11.3 Å². The molecule has 0 saturated carbocycles. The molecule has 0 bridgehead atoms. The fourth-order valence-electron chi connectivity index (χ4n) is 4.62. The summed E-state index contributed by atoms with van der Waals surface area (Å²) in [5, 5.41) is 8.65. The van der Waals surface area contributed by atoms with E-state index in [2.05, 4.69) is 35.0 Å².